The van der Waals surface area contributed by atoms with Crippen molar-refractivity contribution in [3.05, 3.63) is 0 Å². The molecule has 1 fully saturated rings. The van der Waals surface area contributed by atoms with Crippen LogP contribution in [0.1, 0.15) is 26.7 Å². The van der Waals surface area contributed by atoms with Crippen molar-refractivity contribution in [2.45, 2.75) is 38.4 Å². The number of piperidine rings is 1. The first-order valence-corrected chi connectivity index (χ1v) is 6.36. The highest BCUT2D eigenvalue weighted by molar-refractivity contribution is 5.89. The summed E-state index contributed by atoms with van der Waals surface area (Å²) in [5, 5.41) is 10.3. The standard InChI is InChI=1S/C12H17F3N2O4/c1-7(18)17-5-3-4-8(6-17)9(19)16-11(2,10(20)21)12(13,14)15/h8H,3-6H2,1-2H3,(H,16,19)(H,20,21). The molecule has 2 amide bonds. The molecule has 1 saturated heterocycles. The normalized spacial score (nSPS) is 22.3. The van der Waals surface area contributed by atoms with Gasteiger partial charge in [-0.15, -0.1) is 0 Å². The van der Waals surface area contributed by atoms with Crippen LogP contribution in [0.2, 0.25) is 0 Å². The number of carbonyl (C=O) groups is 3. The van der Waals surface area contributed by atoms with Crippen LogP contribution in [0.3, 0.4) is 0 Å². The molecule has 6 nitrogen and oxygen atoms in total. The van der Waals surface area contributed by atoms with E-state index in [2.05, 4.69) is 0 Å². The summed E-state index contributed by atoms with van der Waals surface area (Å²) in [6, 6.07) is 0. The van der Waals surface area contributed by atoms with Gasteiger partial charge in [-0.2, -0.15) is 13.2 Å². The topological polar surface area (TPSA) is 86.7 Å². The number of nitrogens with zero attached hydrogens (tertiary/aromatic N) is 1. The van der Waals surface area contributed by atoms with Gasteiger partial charge in [0.15, 0.2) is 0 Å². The average Bonchev–Trinajstić information content (AvgIpc) is 2.37. The molecule has 1 heterocycles. The van der Waals surface area contributed by atoms with Crippen LogP contribution < -0.4 is 5.32 Å². The van der Waals surface area contributed by atoms with E-state index in [4.69, 9.17) is 5.11 Å². The zero-order valence-electron chi connectivity index (χ0n) is 11.7. The highest BCUT2D eigenvalue weighted by Crippen LogP contribution is 2.31. The number of rotatable bonds is 3. The van der Waals surface area contributed by atoms with Crippen LogP contribution in [0.5, 0.6) is 0 Å². The second kappa shape index (κ2) is 5.90. The summed E-state index contributed by atoms with van der Waals surface area (Å²) in [5.74, 6) is -4.31. The predicted molar refractivity (Wildman–Crippen MR) is 65.2 cm³/mol. The van der Waals surface area contributed by atoms with Crippen molar-refractivity contribution >= 4 is 17.8 Å². The van der Waals surface area contributed by atoms with Gasteiger partial charge in [-0.05, 0) is 19.8 Å². The molecule has 0 bridgehead atoms. The van der Waals surface area contributed by atoms with Crippen molar-refractivity contribution in [1.82, 2.24) is 10.2 Å². The van der Waals surface area contributed by atoms with Crippen LogP contribution in [-0.4, -0.2) is 52.6 Å². The molecule has 0 saturated carbocycles. The van der Waals surface area contributed by atoms with Crippen molar-refractivity contribution in [2.75, 3.05) is 13.1 Å². The van der Waals surface area contributed by atoms with E-state index in [1.54, 1.807) is 5.32 Å². The monoisotopic (exact) mass is 310 g/mol. The summed E-state index contributed by atoms with van der Waals surface area (Å²) < 4.78 is 38.5. The Morgan fingerprint density at radius 3 is 2.29 bits per heavy atom. The number of hydrogen-bond acceptors (Lipinski definition) is 3. The summed E-state index contributed by atoms with van der Waals surface area (Å²) >= 11 is 0. The maximum Gasteiger partial charge on any atom is 0.422 e. The number of likely N-dealkylation sites (tertiary alicyclic amines) is 1. The highest BCUT2D eigenvalue weighted by atomic mass is 19.4. The summed E-state index contributed by atoms with van der Waals surface area (Å²) in [7, 11) is 0. The lowest BCUT2D eigenvalue weighted by Gasteiger charge is -2.34. The number of carboxylic acid groups (broad SMARTS) is 1. The Morgan fingerprint density at radius 2 is 1.86 bits per heavy atom. The molecular weight excluding hydrogens is 293 g/mol. The quantitative estimate of drug-likeness (QED) is 0.806. The summed E-state index contributed by atoms with van der Waals surface area (Å²) in [6.07, 6.45) is -4.33. The van der Waals surface area contributed by atoms with E-state index in [9.17, 15) is 27.6 Å². The zero-order chi connectivity index (χ0) is 16.4. The molecule has 9 heteroatoms. The van der Waals surface area contributed by atoms with Gasteiger partial charge in [0.2, 0.25) is 17.4 Å². The van der Waals surface area contributed by atoms with Gasteiger partial charge in [0, 0.05) is 20.0 Å². The first-order chi connectivity index (χ1) is 9.49. The van der Waals surface area contributed by atoms with E-state index >= 15 is 0 Å². The molecule has 120 valence electrons. The van der Waals surface area contributed by atoms with E-state index in [0.29, 0.717) is 26.3 Å². The summed E-state index contributed by atoms with van der Waals surface area (Å²) in [6.45, 7) is 2.14. The predicted octanol–water partition coefficient (Wildman–Crippen LogP) is 0.767. The maximum absolute atomic E-state index is 12.8. The lowest BCUT2D eigenvalue weighted by atomic mass is 9.94. The molecule has 0 aromatic heterocycles. The van der Waals surface area contributed by atoms with Crippen LogP contribution >= 0.6 is 0 Å². The number of nitrogens with one attached hydrogen (secondary N) is 1. The summed E-state index contributed by atoms with van der Waals surface area (Å²) in [5.41, 5.74) is -3.34. The van der Waals surface area contributed by atoms with E-state index in [-0.39, 0.29) is 12.5 Å². The van der Waals surface area contributed by atoms with Crippen molar-refractivity contribution in [2.24, 2.45) is 5.92 Å². The van der Waals surface area contributed by atoms with Crippen LogP contribution in [0.25, 0.3) is 0 Å². The lowest BCUT2D eigenvalue weighted by Crippen LogP contribution is -2.63. The van der Waals surface area contributed by atoms with Crippen molar-refractivity contribution in [3.8, 4) is 0 Å². The second-order valence-corrected chi connectivity index (χ2v) is 5.22. The molecule has 21 heavy (non-hydrogen) atoms. The fourth-order valence-corrected chi connectivity index (χ4v) is 2.07. The average molecular weight is 310 g/mol. The Morgan fingerprint density at radius 1 is 1.29 bits per heavy atom. The Kier molecular flexibility index (Phi) is 4.85. The summed E-state index contributed by atoms with van der Waals surface area (Å²) in [4.78, 5) is 35.4. The van der Waals surface area contributed by atoms with Gasteiger partial charge >= 0.3 is 12.1 Å². The first kappa shape index (κ1) is 17.3. The molecule has 0 aliphatic carbocycles. The van der Waals surface area contributed by atoms with Crippen LogP contribution in [0, 0.1) is 5.92 Å². The molecular formula is C12H17F3N2O4. The van der Waals surface area contributed by atoms with E-state index in [1.165, 1.54) is 11.8 Å². The smallest absolute Gasteiger partial charge is 0.422 e. The number of alkyl halides is 3. The number of carbonyl (C=O) groups excluding carboxylic acids is 2. The van der Waals surface area contributed by atoms with Gasteiger partial charge in [-0.1, -0.05) is 0 Å². The molecule has 0 spiro atoms. The molecule has 0 aromatic rings. The van der Waals surface area contributed by atoms with Gasteiger partial charge in [0.05, 0.1) is 5.92 Å². The molecule has 1 aliphatic rings. The molecule has 0 aromatic carbocycles. The number of hydrogen-bond donors (Lipinski definition) is 2. The van der Waals surface area contributed by atoms with Gasteiger partial charge in [-0.25, -0.2) is 4.79 Å². The van der Waals surface area contributed by atoms with Gasteiger partial charge < -0.3 is 15.3 Å². The number of aliphatic carboxylic acids is 1. The fraction of sp³-hybridized carbons (Fsp3) is 0.750. The fourth-order valence-electron chi connectivity index (χ4n) is 2.07. The van der Waals surface area contributed by atoms with Gasteiger partial charge in [-0.3, -0.25) is 9.59 Å². The minimum absolute atomic E-state index is 0.00524. The number of carboxylic acids is 1. The lowest BCUT2D eigenvalue weighted by molar-refractivity contribution is -0.207. The second-order valence-electron chi connectivity index (χ2n) is 5.22. The molecule has 2 unspecified atom stereocenters. The minimum Gasteiger partial charge on any atom is -0.479 e. The van der Waals surface area contributed by atoms with Gasteiger partial charge in [0.25, 0.3) is 0 Å². The highest BCUT2D eigenvalue weighted by Gasteiger charge is 2.58. The Bertz CT molecular complexity index is 452. The maximum atomic E-state index is 12.8. The number of halogens is 3. The third-order valence-corrected chi connectivity index (χ3v) is 3.61. The van der Waals surface area contributed by atoms with Crippen LogP contribution in [0.15, 0.2) is 0 Å². The molecule has 1 rings (SSSR count). The van der Waals surface area contributed by atoms with Gasteiger partial charge in [0.1, 0.15) is 0 Å². The third-order valence-electron chi connectivity index (χ3n) is 3.61. The Balaban J connectivity index is 2.84. The van der Waals surface area contributed by atoms with Crippen molar-refractivity contribution in [1.29, 1.82) is 0 Å². The van der Waals surface area contributed by atoms with Crippen LogP contribution in [-0.2, 0) is 14.4 Å². The molecule has 2 atom stereocenters. The zero-order valence-corrected chi connectivity index (χ0v) is 11.7. The van der Waals surface area contributed by atoms with Crippen molar-refractivity contribution in [3.63, 3.8) is 0 Å². The third kappa shape index (κ3) is 3.64. The Hall–Kier alpha value is -1.80. The molecule has 2 N–H and O–H groups in total. The minimum atomic E-state index is -5.12. The first-order valence-electron chi connectivity index (χ1n) is 6.36. The molecule has 1 aliphatic heterocycles. The van der Waals surface area contributed by atoms with Crippen molar-refractivity contribution < 1.29 is 32.7 Å². The molecule has 0 radical (unpaired) electrons. The Labute approximate surface area is 119 Å². The van der Waals surface area contributed by atoms with E-state index in [1.807, 2.05) is 0 Å². The van der Waals surface area contributed by atoms with Crippen LogP contribution in [0.4, 0.5) is 13.2 Å². The van der Waals surface area contributed by atoms with E-state index < -0.39 is 29.5 Å². The SMILES string of the molecule is CC(=O)N1CCCC(C(=O)NC(C)(C(=O)O)C(F)(F)F)C1. The van der Waals surface area contributed by atoms with E-state index in [0.717, 1.165) is 0 Å². The number of amides is 2. The largest absolute Gasteiger partial charge is 0.479 e.